The van der Waals surface area contributed by atoms with Crippen molar-refractivity contribution in [2.24, 2.45) is 0 Å². The molecule has 0 unspecified atom stereocenters. The molecule has 0 aliphatic carbocycles. The summed E-state index contributed by atoms with van der Waals surface area (Å²) in [6, 6.07) is 15.6. The SMILES string of the molecule is COC(=O)[C@@H](Cc1cccc(I)c1)NC(=O)[C@H]1CCCN1C(=O)OCc1ccccc1. The second-order valence-corrected chi connectivity index (χ2v) is 8.56. The number of benzene rings is 2. The summed E-state index contributed by atoms with van der Waals surface area (Å²) in [6.45, 7) is 0.577. The third-order valence-corrected chi connectivity index (χ3v) is 5.80. The molecule has 7 nitrogen and oxygen atoms in total. The molecule has 0 aromatic heterocycles. The predicted octanol–water partition coefficient (Wildman–Crippen LogP) is 3.29. The Morgan fingerprint density at radius 1 is 1.13 bits per heavy atom. The van der Waals surface area contributed by atoms with E-state index in [2.05, 4.69) is 27.9 Å². The van der Waals surface area contributed by atoms with E-state index >= 15 is 0 Å². The molecule has 31 heavy (non-hydrogen) atoms. The molecular weight excluding hydrogens is 511 g/mol. The summed E-state index contributed by atoms with van der Waals surface area (Å²) < 4.78 is 11.3. The normalized spacial score (nSPS) is 16.5. The van der Waals surface area contributed by atoms with Crippen molar-refractivity contribution in [3.05, 3.63) is 69.3 Å². The van der Waals surface area contributed by atoms with E-state index in [4.69, 9.17) is 9.47 Å². The number of hydrogen-bond donors (Lipinski definition) is 1. The highest BCUT2D eigenvalue weighted by molar-refractivity contribution is 14.1. The molecule has 1 fully saturated rings. The van der Waals surface area contributed by atoms with Crippen LogP contribution in [0.1, 0.15) is 24.0 Å². The molecular formula is C23H25IN2O5. The molecule has 1 aliphatic rings. The quantitative estimate of drug-likeness (QED) is 0.434. The molecule has 3 rings (SSSR count). The van der Waals surface area contributed by atoms with Gasteiger partial charge in [-0.2, -0.15) is 0 Å². The van der Waals surface area contributed by atoms with Crippen molar-refractivity contribution in [2.45, 2.75) is 38.0 Å². The van der Waals surface area contributed by atoms with Gasteiger partial charge in [-0.15, -0.1) is 0 Å². The van der Waals surface area contributed by atoms with Crippen LogP contribution < -0.4 is 5.32 Å². The van der Waals surface area contributed by atoms with Gasteiger partial charge in [0, 0.05) is 16.5 Å². The van der Waals surface area contributed by atoms with Crippen LogP contribution in [-0.4, -0.2) is 48.6 Å². The Labute approximate surface area is 195 Å². The van der Waals surface area contributed by atoms with Gasteiger partial charge in [0.25, 0.3) is 0 Å². The molecule has 2 aromatic carbocycles. The average Bonchev–Trinajstić information content (AvgIpc) is 3.27. The number of carbonyl (C=O) groups excluding carboxylic acids is 3. The third kappa shape index (κ3) is 6.43. The molecule has 0 saturated carbocycles. The minimum Gasteiger partial charge on any atom is -0.467 e. The van der Waals surface area contributed by atoms with Gasteiger partial charge in [-0.25, -0.2) is 9.59 Å². The van der Waals surface area contributed by atoms with Crippen molar-refractivity contribution >= 4 is 40.6 Å². The van der Waals surface area contributed by atoms with Crippen molar-refractivity contribution in [3.63, 3.8) is 0 Å². The highest BCUT2D eigenvalue weighted by Crippen LogP contribution is 2.20. The van der Waals surface area contributed by atoms with Crippen molar-refractivity contribution in [1.82, 2.24) is 10.2 Å². The van der Waals surface area contributed by atoms with E-state index in [9.17, 15) is 14.4 Å². The van der Waals surface area contributed by atoms with Crippen LogP contribution in [0.25, 0.3) is 0 Å². The summed E-state index contributed by atoms with van der Waals surface area (Å²) in [6.07, 6.45) is 0.982. The lowest BCUT2D eigenvalue weighted by molar-refractivity contribution is -0.145. The standard InChI is InChI=1S/C23H25IN2O5/c1-30-22(28)19(14-17-9-5-10-18(24)13-17)25-21(27)20-11-6-12-26(20)23(29)31-15-16-7-3-2-4-8-16/h2-5,7-10,13,19-20H,6,11-12,14-15H2,1H3,(H,25,27)/t19-,20-/m1/s1. The van der Waals surface area contributed by atoms with Crippen molar-refractivity contribution in [3.8, 4) is 0 Å². The monoisotopic (exact) mass is 536 g/mol. The smallest absolute Gasteiger partial charge is 0.410 e. The first-order valence-corrected chi connectivity index (χ1v) is 11.2. The summed E-state index contributed by atoms with van der Waals surface area (Å²) in [7, 11) is 1.29. The molecule has 2 aromatic rings. The summed E-state index contributed by atoms with van der Waals surface area (Å²) in [5.74, 6) is -0.904. The van der Waals surface area contributed by atoms with E-state index < -0.39 is 24.1 Å². The van der Waals surface area contributed by atoms with Gasteiger partial charge in [0.05, 0.1) is 7.11 Å². The first kappa shape index (κ1) is 23.1. The van der Waals surface area contributed by atoms with Crippen LogP contribution in [0.3, 0.4) is 0 Å². The second kappa shape index (κ2) is 11.1. The molecule has 0 bridgehead atoms. The summed E-state index contributed by atoms with van der Waals surface area (Å²) in [5.41, 5.74) is 1.78. The second-order valence-electron chi connectivity index (χ2n) is 7.31. The van der Waals surface area contributed by atoms with Crippen molar-refractivity contribution in [2.75, 3.05) is 13.7 Å². The molecule has 1 N–H and O–H groups in total. The maximum atomic E-state index is 13.0. The van der Waals surface area contributed by atoms with Crippen LogP contribution in [0.4, 0.5) is 4.79 Å². The van der Waals surface area contributed by atoms with Gasteiger partial charge in [0.1, 0.15) is 18.7 Å². The van der Waals surface area contributed by atoms with E-state index in [0.717, 1.165) is 14.7 Å². The fraction of sp³-hybridized carbons (Fsp3) is 0.348. The molecule has 2 atom stereocenters. The van der Waals surface area contributed by atoms with Gasteiger partial charge < -0.3 is 14.8 Å². The Kier molecular flexibility index (Phi) is 8.27. The van der Waals surface area contributed by atoms with Crippen LogP contribution in [0, 0.1) is 3.57 Å². The summed E-state index contributed by atoms with van der Waals surface area (Å²) in [4.78, 5) is 39.2. The van der Waals surface area contributed by atoms with Crippen molar-refractivity contribution < 1.29 is 23.9 Å². The largest absolute Gasteiger partial charge is 0.467 e. The number of nitrogens with one attached hydrogen (secondary N) is 1. The minimum atomic E-state index is -0.835. The predicted molar refractivity (Wildman–Crippen MR) is 123 cm³/mol. The van der Waals surface area contributed by atoms with Gasteiger partial charge in [0.15, 0.2) is 0 Å². The number of likely N-dealkylation sites (tertiary alicyclic amines) is 1. The van der Waals surface area contributed by atoms with E-state index in [1.54, 1.807) is 0 Å². The highest BCUT2D eigenvalue weighted by Gasteiger charge is 2.37. The molecule has 1 heterocycles. The molecule has 8 heteroatoms. The number of ether oxygens (including phenoxy) is 2. The number of halogens is 1. The molecule has 2 amide bonds. The van der Waals surface area contributed by atoms with Crippen LogP contribution in [-0.2, 0) is 32.1 Å². The van der Waals surface area contributed by atoms with E-state index in [-0.39, 0.29) is 12.5 Å². The Morgan fingerprint density at radius 2 is 1.87 bits per heavy atom. The highest BCUT2D eigenvalue weighted by atomic mass is 127. The van der Waals surface area contributed by atoms with Gasteiger partial charge >= 0.3 is 12.1 Å². The van der Waals surface area contributed by atoms with Crippen molar-refractivity contribution in [1.29, 1.82) is 0 Å². The van der Waals surface area contributed by atoms with Crippen LogP contribution in [0.15, 0.2) is 54.6 Å². The van der Waals surface area contributed by atoms with Crippen LogP contribution in [0.2, 0.25) is 0 Å². The zero-order chi connectivity index (χ0) is 22.2. The molecule has 0 spiro atoms. The fourth-order valence-corrected chi connectivity index (χ4v) is 4.17. The number of rotatable bonds is 7. The Bertz CT molecular complexity index is 921. The lowest BCUT2D eigenvalue weighted by atomic mass is 10.1. The van der Waals surface area contributed by atoms with E-state index in [0.29, 0.717) is 25.8 Å². The maximum Gasteiger partial charge on any atom is 0.410 e. The van der Waals surface area contributed by atoms with E-state index in [1.807, 2.05) is 54.6 Å². The van der Waals surface area contributed by atoms with Gasteiger partial charge in [-0.1, -0.05) is 42.5 Å². The fourth-order valence-electron chi connectivity index (χ4n) is 3.56. The van der Waals surface area contributed by atoms with Gasteiger partial charge in [0.2, 0.25) is 5.91 Å². The first-order chi connectivity index (χ1) is 15.0. The number of amides is 2. The maximum absolute atomic E-state index is 13.0. The van der Waals surface area contributed by atoms with Gasteiger partial charge in [-0.05, 0) is 58.7 Å². The lowest BCUT2D eigenvalue weighted by Crippen LogP contribution is -2.51. The Hall–Kier alpha value is -2.62. The Morgan fingerprint density at radius 3 is 2.58 bits per heavy atom. The summed E-state index contributed by atoms with van der Waals surface area (Å²) in [5, 5.41) is 2.77. The molecule has 0 radical (unpaired) electrons. The number of hydrogen-bond acceptors (Lipinski definition) is 5. The molecule has 1 saturated heterocycles. The summed E-state index contributed by atoms with van der Waals surface area (Å²) >= 11 is 2.20. The van der Waals surface area contributed by atoms with Crippen LogP contribution >= 0.6 is 22.6 Å². The first-order valence-electron chi connectivity index (χ1n) is 10.1. The number of esters is 1. The van der Waals surface area contributed by atoms with Crippen LogP contribution in [0.5, 0.6) is 0 Å². The van der Waals surface area contributed by atoms with Gasteiger partial charge in [-0.3, -0.25) is 9.69 Å². The minimum absolute atomic E-state index is 0.141. The zero-order valence-corrected chi connectivity index (χ0v) is 19.4. The molecule has 1 aliphatic heterocycles. The number of methoxy groups -OCH3 is 1. The topological polar surface area (TPSA) is 84.9 Å². The Balaban J connectivity index is 1.63. The third-order valence-electron chi connectivity index (χ3n) is 5.13. The zero-order valence-electron chi connectivity index (χ0n) is 17.3. The molecule has 164 valence electrons. The number of carbonyl (C=O) groups is 3. The lowest BCUT2D eigenvalue weighted by Gasteiger charge is -2.25. The number of nitrogens with zero attached hydrogens (tertiary/aromatic N) is 1. The van der Waals surface area contributed by atoms with E-state index in [1.165, 1.54) is 12.0 Å². The average molecular weight is 536 g/mol.